The third kappa shape index (κ3) is 2.27. The van der Waals surface area contributed by atoms with Crippen LogP contribution in [0.15, 0.2) is 36.4 Å². The minimum atomic E-state index is 0.700. The topological polar surface area (TPSA) is 0 Å². The number of hydrogen-bond acceptors (Lipinski definition) is 0. The van der Waals surface area contributed by atoms with Gasteiger partial charge in [-0.2, -0.15) is 0 Å². The molecule has 0 aliphatic carbocycles. The van der Waals surface area contributed by atoms with E-state index in [0.29, 0.717) is 5.92 Å². The molecular weight excluding hydrogens is 192 g/mol. The average Bonchev–Trinajstić information content (AvgIpc) is 2.35. The number of benzene rings is 2. The molecule has 16 heavy (non-hydrogen) atoms. The predicted octanol–water partition coefficient (Wildman–Crippen LogP) is 4.93. The van der Waals surface area contributed by atoms with Crippen LogP contribution in [0.4, 0.5) is 0 Å². The lowest BCUT2D eigenvalue weighted by Gasteiger charge is -2.14. The van der Waals surface area contributed by atoms with Crippen molar-refractivity contribution in [2.45, 2.75) is 39.0 Å². The molecule has 0 nitrogen and oxygen atoms in total. The smallest absolute Gasteiger partial charge is 0.00962 e. The Balaban J connectivity index is 2.37. The van der Waals surface area contributed by atoms with Gasteiger partial charge in [0.05, 0.1) is 0 Å². The van der Waals surface area contributed by atoms with Gasteiger partial charge >= 0.3 is 0 Å². The van der Waals surface area contributed by atoms with E-state index < -0.39 is 0 Å². The maximum absolute atomic E-state index is 3.39. The lowest BCUT2D eigenvalue weighted by molar-refractivity contribution is 0.596. The molecule has 83 valence electrons. The molecular formula is C16H19. The molecule has 0 bridgehead atoms. The van der Waals surface area contributed by atoms with E-state index in [1.165, 1.54) is 35.6 Å². The van der Waals surface area contributed by atoms with E-state index in [1.54, 1.807) is 0 Å². The first-order valence-corrected chi connectivity index (χ1v) is 6.25. The van der Waals surface area contributed by atoms with Crippen molar-refractivity contribution in [1.29, 1.82) is 0 Å². The van der Waals surface area contributed by atoms with Crippen LogP contribution in [0.3, 0.4) is 0 Å². The molecule has 0 heteroatoms. The first-order chi connectivity index (χ1) is 7.85. The molecule has 1 unspecified atom stereocenters. The molecule has 0 aliphatic heterocycles. The molecule has 0 aliphatic rings. The Morgan fingerprint density at radius 1 is 1.19 bits per heavy atom. The first kappa shape index (κ1) is 11.2. The molecule has 0 spiro atoms. The highest BCUT2D eigenvalue weighted by Gasteiger charge is 2.08. The monoisotopic (exact) mass is 211 g/mol. The molecule has 0 aromatic heterocycles. The van der Waals surface area contributed by atoms with Gasteiger partial charge in [-0.1, -0.05) is 56.7 Å². The van der Waals surface area contributed by atoms with Gasteiger partial charge in [-0.3, -0.25) is 0 Å². The summed E-state index contributed by atoms with van der Waals surface area (Å²) in [6.45, 7) is 4.53. The molecule has 0 fully saturated rings. The molecule has 0 amide bonds. The van der Waals surface area contributed by atoms with Crippen LogP contribution in [0, 0.1) is 6.07 Å². The van der Waals surface area contributed by atoms with Gasteiger partial charge in [-0.05, 0) is 41.2 Å². The van der Waals surface area contributed by atoms with Crippen molar-refractivity contribution >= 4 is 10.8 Å². The second-order valence-corrected chi connectivity index (χ2v) is 4.41. The normalized spacial score (nSPS) is 12.9. The molecule has 2 rings (SSSR count). The van der Waals surface area contributed by atoms with Crippen LogP contribution in [-0.2, 0) is 0 Å². The fraction of sp³-hybridized carbons (Fsp3) is 0.375. The van der Waals surface area contributed by atoms with Gasteiger partial charge < -0.3 is 0 Å². The molecule has 2 aromatic carbocycles. The van der Waals surface area contributed by atoms with Gasteiger partial charge in [0.15, 0.2) is 0 Å². The Hall–Kier alpha value is -1.30. The summed E-state index contributed by atoms with van der Waals surface area (Å²) in [6.07, 6.45) is 3.76. The van der Waals surface area contributed by atoms with E-state index in [9.17, 15) is 0 Å². The SMILES string of the molecule is CCCC(CC)c1c[c]c2ccccc2c1. The Kier molecular flexibility index (Phi) is 3.61. The zero-order valence-corrected chi connectivity index (χ0v) is 10.2. The summed E-state index contributed by atoms with van der Waals surface area (Å²) < 4.78 is 0. The highest BCUT2D eigenvalue weighted by Crippen LogP contribution is 2.27. The number of fused-ring (bicyclic) bond motifs is 1. The second-order valence-electron chi connectivity index (χ2n) is 4.41. The summed E-state index contributed by atoms with van der Waals surface area (Å²) in [5, 5.41) is 2.53. The Morgan fingerprint density at radius 2 is 2.00 bits per heavy atom. The van der Waals surface area contributed by atoms with Crippen molar-refractivity contribution in [3.8, 4) is 0 Å². The maximum atomic E-state index is 3.39. The second kappa shape index (κ2) is 5.16. The van der Waals surface area contributed by atoms with Crippen LogP contribution in [0.5, 0.6) is 0 Å². The van der Waals surface area contributed by atoms with Crippen LogP contribution in [0.2, 0.25) is 0 Å². The molecule has 0 saturated carbocycles. The van der Waals surface area contributed by atoms with Crippen molar-refractivity contribution in [3.63, 3.8) is 0 Å². The first-order valence-electron chi connectivity index (χ1n) is 6.25. The number of hydrogen-bond donors (Lipinski definition) is 0. The van der Waals surface area contributed by atoms with Crippen molar-refractivity contribution < 1.29 is 0 Å². The minimum Gasteiger partial charge on any atom is -0.0654 e. The van der Waals surface area contributed by atoms with Gasteiger partial charge in [0.25, 0.3) is 0 Å². The Labute approximate surface area is 98.3 Å². The van der Waals surface area contributed by atoms with Gasteiger partial charge in [0.1, 0.15) is 0 Å². The van der Waals surface area contributed by atoms with Crippen molar-refractivity contribution in [3.05, 3.63) is 48.0 Å². The van der Waals surface area contributed by atoms with Crippen LogP contribution in [0.25, 0.3) is 10.8 Å². The summed E-state index contributed by atoms with van der Waals surface area (Å²) in [5.41, 5.74) is 1.45. The lowest BCUT2D eigenvalue weighted by Crippen LogP contribution is -1.96. The van der Waals surface area contributed by atoms with Gasteiger partial charge in [0, 0.05) is 0 Å². The van der Waals surface area contributed by atoms with E-state index in [2.05, 4.69) is 56.3 Å². The third-order valence-corrected chi connectivity index (χ3v) is 3.28. The summed E-state index contributed by atoms with van der Waals surface area (Å²) in [5.74, 6) is 0.700. The third-order valence-electron chi connectivity index (χ3n) is 3.28. The molecule has 1 atom stereocenters. The van der Waals surface area contributed by atoms with Crippen LogP contribution in [0.1, 0.15) is 44.6 Å². The number of rotatable bonds is 4. The zero-order chi connectivity index (χ0) is 11.4. The fourth-order valence-electron chi connectivity index (χ4n) is 2.33. The van der Waals surface area contributed by atoms with Gasteiger partial charge in [-0.25, -0.2) is 0 Å². The highest BCUT2D eigenvalue weighted by molar-refractivity contribution is 5.82. The van der Waals surface area contributed by atoms with E-state index in [-0.39, 0.29) is 0 Å². The zero-order valence-electron chi connectivity index (χ0n) is 10.2. The van der Waals surface area contributed by atoms with Gasteiger partial charge in [0.2, 0.25) is 0 Å². The highest BCUT2D eigenvalue weighted by atomic mass is 14.1. The summed E-state index contributed by atoms with van der Waals surface area (Å²) in [7, 11) is 0. The fourth-order valence-corrected chi connectivity index (χ4v) is 2.33. The van der Waals surface area contributed by atoms with E-state index in [4.69, 9.17) is 0 Å². The van der Waals surface area contributed by atoms with E-state index in [1.807, 2.05) is 0 Å². The van der Waals surface area contributed by atoms with Crippen molar-refractivity contribution in [2.24, 2.45) is 0 Å². The van der Waals surface area contributed by atoms with Crippen LogP contribution in [-0.4, -0.2) is 0 Å². The minimum absolute atomic E-state index is 0.700. The Bertz CT molecular complexity index is 456. The lowest BCUT2D eigenvalue weighted by atomic mass is 9.91. The average molecular weight is 211 g/mol. The largest absolute Gasteiger partial charge is 0.0654 e. The van der Waals surface area contributed by atoms with Crippen molar-refractivity contribution in [1.82, 2.24) is 0 Å². The molecule has 0 saturated heterocycles. The Morgan fingerprint density at radius 3 is 2.75 bits per heavy atom. The quantitative estimate of drug-likeness (QED) is 0.672. The van der Waals surface area contributed by atoms with E-state index in [0.717, 1.165) is 0 Å². The van der Waals surface area contributed by atoms with Crippen molar-refractivity contribution in [2.75, 3.05) is 0 Å². The molecule has 2 aromatic rings. The standard InChI is InChI=1S/C16H19/c1-3-7-13(4-2)16-11-10-14-8-5-6-9-15(14)12-16/h5-6,8-9,11-13H,3-4,7H2,1-2H3. The molecule has 0 N–H and O–H groups in total. The molecule has 1 radical (unpaired) electrons. The van der Waals surface area contributed by atoms with Crippen LogP contribution >= 0.6 is 0 Å². The molecule has 0 heterocycles. The van der Waals surface area contributed by atoms with Crippen LogP contribution < -0.4 is 0 Å². The summed E-state index contributed by atoms with van der Waals surface area (Å²) in [6, 6.07) is 16.4. The van der Waals surface area contributed by atoms with E-state index >= 15 is 0 Å². The maximum Gasteiger partial charge on any atom is -0.00962 e. The summed E-state index contributed by atoms with van der Waals surface area (Å²) in [4.78, 5) is 0. The van der Waals surface area contributed by atoms with Gasteiger partial charge in [-0.15, -0.1) is 0 Å². The summed E-state index contributed by atoms with van der Waals surface area (Å²) >= 11 is 0. The predicted molar refractivity (Wildman–Crippen MR) is 70.7 cm³/mol.